The molecule has 0 aliphatic rings. The molecule has 0 aliphatic carbocycles. The molecule has 0 radical (unpaired) electrons. The van der Waals surface area contributed by atoms with E-state index in [0.29, 0.717) is 17.2 Å². The molecule has 1 aromatic heterocycles. The number of hydrogen-bond acceptors (Lipinski definition) is 12. The minimum atomic E-state index is -5.13. The first-order chi connectivity index (χ1) is 19.5. The van der Waals surface area contributed by atoms with E-state index >= 15 is 0 Å². The van der Waals surface area contributed by atoms with Crippen LogP contribution in [-0.4, -0.2) is 54.4 Å². The van der Waals surface area contributed by atoms with Crippen LogP contribution in [0.25, 0.3) is 12.2 Å². The summed E-state index contributed by atoms with van der Waals surface area (Å²) < 4.78 is 67.5. The van der Waals surface area contributed by atoms with Gasteiger partial charge in [-0.05, 0) is 48.4 Å². The summed E-state index contributed by atoms with van der Waals surface area (Å²) in [5, 5.41) is 14.8. The number of nitrogen functional groups attached to an aromatic ring is 1. The molecule has 0 bridgehead atoms. The average molecular weight is 643 g/mol. The van der Waals surface area contributed by atoms with Crippen molar-refractivity contribution in [3.63, 3.8) is 0 Å². The molecular formula is C27H28N6Na2O6S2. The van der Waals surface area contributed by atoms with E-state index in [-0.39, 0.29) is 64.7 Å². The van der Waals surface area contributed by atoms with Crippen LogP contribution in [0.2, 0.25) is 0 Å². The molecule has 0 fully saturated rings. The maximum atomic E-state index is 11.3. The van der Waals surface area contributed by atoms with Gasteiger partial charge in [-0.1, -0.05) is 72.8 Å². The summed E-state index contributed by atoms with van der Waals surface area (Å²) in [5.41, 5.74) is 8.23. The van der Waals surface area contributed by atoms with Crippen molar-refractivity contribution in [1.82, 2.24) is 15.4 Å². The number of para-hydroxylation sites is 1. The number of nitrogens with zero attached hydrogens (tertiary/aromatic N) is 4. The molecule has 0 aliphatic heterocycles. The van der Waals surface area contributed by atoms with Crippen LogP contribution in [-0.2, 0) is 20.2 Å². The van der Waals surface area contributed by atoms with Crippen LogP contribution in [0.4, 0.5) is 23.0 Å². The molecule has 1 heterocycles. The first kappa shape index (κ1) is 38.7. The van der Waals surface area contributed by atoms with Crippen molar-refractivity contribution in [2.45, 2.75) is 23.6 Å². The van der Waals surface area contributed by atoms with Gasteiger partial charge in [0.1, 0.15) is 25.9 Å². The van der Waals surface area contributed by atoms with Crippen LogP contribution in [0.5, 0.6) is 0 Å². The molecule has 4 rings (SSSR count). The zero-order valence-corrected chi connectivity index (χ0v) is 29.8. The molecule has 16 heteroatoms. The molecule has 0 atom stereocenters. The number of anilines is 4. The van der Waals surface area contributed by atoms with E-state index < -0.39 is 30.0 Å². The summed E-state index contributed by atoms with van der Waals surface area (Å²) in [7, 11) is -10.2. The van der Waals surface area contributed by atoms with Crippen molar-refractivity contribution in [3.05, 3.63) is 90.0 Å². The van der Waals surface area contributed by atoms with E-state index in [0.717, 1.165) is 30.5 Å². The van der Waals surface area contributed by atoms with Gasteiger partial charge in [0.05, 0.1) is 9.79 Å². The number of benzene rings is 3. The Balaban J connectivity index is 0.000000415. The molecular weight excluding hydrogens is 614 g/mol. The fraction of sp³-hybridized carbons (Fsp3) is 0.148. The molecule has 0 spiro atoms. The molecule has 0 unspecified atom stereocenters. The number of nitrogens with two attached hydrogens (primary N) is 1. The Morgan fingerprint density at radius 1 is 0.791 bits per heavy atom. The van der Waals surface area contributed by atoms with Gasteiger partial charge in [0.2, 0.25) is 0 Å². The quantitative estimate of drug-likeness (QED) is 0.113. The van der Waals surface area contributed by atoms with Gasteiger partial charge in [-0.15, -0.1) is 10.2 Å². The van der Waals surface area contributed by atoms with E-state index in [1.54, 1.807) is 30.3 Å². The van der Waals surface area contributed by atoms with Gasteiger partial charge >= 0.3 is 59.1 Å². The minimum absolute atomic E-state index is 0. The fourth-order valence-corrected chi connectivity index (χ4v) is 5.75. The van der Waals surface area contributed by atoms with Crippen molar-refractivity contribution in [1.29, 1.82) is 0 Å². The predicted octanol–water partition coefficient (Wildman–Crippen LogP) is -2.28. The zero-order chi connectivity index (χ0) is 30.0. The summed E-state index contributed by atoms with van der Waals surface area (Å²) in [6, 6.07) is 21.8. The van der Waals surface area contributed by atoms with Crippen LogP contribution in [0.15, 0.2) is 88.7 Å². The second-order valence-corrected chi connectivity index (χ2v) is 11.0. The van der Waals surface area contributed by atoms with Crippen molar-refractivity contribution < 1.29 is 85.1 Å². The summed E-state index contributed by atoms with van der Waals surface area (Å²) in [4.78, 5) is 0.0253. The summed E-state index contributed by atoms with van der Waals surface area (Å²) in [6.45, 7) is 5.79. The van der Waals surface area contributed by atoms with Crippen LogP contribution in [0.3, 0.4) is 0 Å². The van der Waals surface area contributed by atoms with Gasteiger partial charge in [0.15, 0.2) is 11.6 Å². The molecule has 0 saturated carbocycles. The first-order valence-electron chi connectivity index (χ1n) is 12.3. The molecule has 3 aromatic carbocycles. The van der Waals surface area contributed by atoms with Gasteiger partial charge in [0, 0.05) is 18.8 Å². The molecule has 0 saturated heterocycles. The monoisotopic (exact) mass is 642 g/mol. The molecule has 3 N–H and O–H groups in total. The molecule has 4 aromatic rings. The molecule has 12 nitrogen and oxygen atoms in total. The third-order valence-corrected chi connectivity index (χ3v) is 7.63. The van der Waals surface area contributed by atoms with E-state index in [1.807, 2.05) is 30.3 Å². The van der Waals surface area contributed by atoms with E-state index in [1.165, 1.54) is 24.3 Å². The Morgan fingerprint density at radius 2 is 1.37 bits per heavy atom. The smallest absolute Gasteiger partial charge is 0.744 e. The van der Waals surface area contributed by atoms with Crippen LogP contribution >= 0.6 is 0 Å². The van der Waals surface area contributed by atoms with E-state index in [9.17, 15) is 25.9 Å². The molecule has 43 heavy (non-hydrogen) atoms. The van der Waals surface area contributed by atoms with Gasteiger partial charge in [-0.25, -0.2) is 16.8 Å². The predicted molar refractivity (Wildman–Crippen MR) is 155 cm³/mol. The van der Waals surface area contributed by atoms with Crippen molar-refractivity contribution in [3.8, 4) is 0 Å². The van der Waals surface area contributed by atoms with Gasteiger partial charge in [-0.2, -0.15) is 0 Å². The Labute approximate surface area is 295 Å². The topological polar surface area (TPSA) is 194 Å². The first-order valence-corrected chi connectivity index (χ1v) is 15.1. The summed E-state index contributed by atoms with van der Waals surface area (Å²) in [6.07, 6.45) is 2.78. The summed E-state index contributed by atoms with van der Waals surface area (Å²) >= 11 is 0. The average Bonchev–Trinajstić information content (AvgIpc) is 2.94. The van der Waals surface area contributed by atoms with Crippen molar-refractivity contribution in [2.75, 3.05) is 29.0 Å². The fourth-order valence-electron chi connectivity index (χ4n) is 3.80. The molecule has 216 valence electrons. The van der Waals surface area contributed by atoms with Gasteiger partial charge < -0.3 is 25.1 Å². The largest absolute Gasteiger partial charge is 1.00 e. The third-order valence-electron chi connectivity index (χ3n) is 5.66. The van der Waals surface area contributed by atoms with Crippen LogP contribution < -0.4 is 75.1 Å². The van der Waals surface area contributed by atoms with E-state index in [4.69, 9.17) is 5.73 Å². The maximum absolute atomic E-state index is 11.3. The SMILES string of the molecule is CCN(CC)c1c(N)nnnc1Nc1ccccc1.O=S(=O)([O-])c1cccc(C=Cc2ccccc2)c1S(=O)(=O)[O-].[Na+].[Na+]. The number of rotatable bonds is 9. The molecule has 0 amide bonds. The normalized spacial score (nSPS) is 11.0. The third kappa shape index (κ3) is 11.2. The number of nitrogens with one attached hydrogen (secondary N) is 1. The van der Waals surface area contributed by atoms with Crippen molar-refractivity contribution >= 4 is 55.4 Å². The Hall–Kier alpha value is -2.37. The Kier molecular flexibility index (Phi) is 16.0. The summed E-state index contributed by atoms with van der Waals surface area (Å²) in [5.74, 6) is 1.01. The zero-order valence-electron chi connectivity index (χ0n) is 24.2. The second-order valence-electron chi connectivity index (χ2n) is 8.36. The van der Waals surface area contributed by atoms with E-state index in [2.05, 4.69) is 39.5 Å². The second kappa shape index (κ2) is 17.8. The Morgan fingerprint density at radius 3 is 1.91 bits per heavy atom. The van der Waals surface area contributed by atoms with Gasteiger partial charge in [-0.3, -0.25) is 0 Å². The Bertz CT molecular complexity index is 1710. The number of hydrogen-bond donors (Lipinski definition) is 2. The standard InChI is InChI=1S/C14H12O6S2.C13H18N6.2Na/c15-21(16,17)13-8-4-7-12(14(13)22(18,19)20)10-9-11-5-2-1-3-6-11;1-3-19(4-2)11-12(14)16-18-17-13(11)15-10-8-6-5-7-9-10;;/h1-10H,(H,15,16,17)(H,18,19,20);5-9H,3-4H2,1-2H3,(H3,14,15,16,17);;/q;;2*+1/p-2. The maximum Gasteiger partial charge on any atom is 1.00 e. The van der Waals surface area contributed by atoms with Crippen LogP contribution in [0, 0.1) is 0 Å². The number of aromatic nitrogens is 3. The van der Waals surface area contributed by atoms with Crippen LogP contribution in [0.1, 0.15) is 25.0 Å². The minimum Gasteiger partial charge on any atom is -0.744 e. The van der Waals surface area contributed by atoms with Gasteiger partial charge in [0.25, 0.3) is 0 Å². The van der Waals surface area contributed by atoms with Crippen molar-refractivity contribution in [2.24, 2.45) is 0 Å².